The number of nitrogens with zero attached hydrogens (tertiary/aromatic N) is 4. The van der Waals surface area contributed by atoms with Crippen LogP contribution in [0.25, 0.3) is 0 Å². The molecule has 156 valence electrons. The molecule has 2 heterocycles. The number of aryl methyl sites for hydroxylation is 1. The average molecular weight is 518 g/mol. The first kappa shape index (κ1) is 23.1. The maximum absolute atomic E-state index is 5.34. The van der Waals surface area contributed by atoms with Crippen molar-refractivity contribution in [3.05, 3.63) is 30.0 Å². The number of rotatable bonds is 9. The lowest BCUT2D eigenvalue weighted by molar-refractivity contribution is 0.460. The van der Waals surface area contributed by atoms with Gasteiger partial charge < -0.3 is 19.6 Å². The van der Waals surface area contributed by atoms with E-state index in [-0.39, 0.29) is 24.0 Å². The number of aromatic nitrogens is 3. The maximum atomic E-state index is 5.34. The van der Waals surface area contributed by atoms with Gasteiger partial charge in [-0.05, 0) is 37.7 Å². The fraction of sp³-hybridized carbons (Fsp3) is 0.632. The molecule has 28 heavy (non-hydrogen) atoms. The molecule has 2 aromatic heterocycles. The zero-order valence-electron chi connectivity index (χ0n) is 16.7. The molecule has 0 saturated heterocycles. The van der Waals surface area contributed by atoms with Gasteiger partial charge in [-0.25, -0.2) is 0 Å². The summed E-state index contributed by atoms with van der Waals surface area (Å²) in [5.74, 6) is 2.92. The highest BCUT2D eigenvalue weighted by Gasteiger charge is 2.23. The minimum Gasteiger partial charge on any atom is -0.469 e. The number of furan rings is 1. The third kappa shape index (κ3) is 6.40. The van der Waals surface area contributed by atoms with Crippen LogP contribution in [0.3, 0.4) is 0 Å². The van der Waals surface area contributed by atoms with Crippen molar-refractivity contribution in [2.24, 2.45) is 4.99 Å². The predicted molar refractivity (Wildman–Crippen MR) is 125 cm³/mol. The Morgan fingerprint density at radius 1 is 1.25 bits per heavy atom. The molecule has 0 unspecified atom stereocenters. The van der Waals surface area contributed by atoms with Crippen molar-refractivity contribution in [1.29, 1.82) is 0 Å². The van der Waals surface area contributed by atoms with Gasteiger partial charge >= 0.3 is 0 Å². The number of hydrogen-bond acceptors (Lipinski definition) is 5. The highest BCUT2D eigenvalue weighted by atomic mass is 127. The van der Waals surface area contributed by atoms with E-state index in [0.717, 1.165) is 55.1 Å². The van der Waals surface area contributed by atoms with E-state index in [0.29, 0.717) is 6.04 Å². The first-order chi connectivity index (χ1) is 13.3. The van der Waals surface area contributed by atoms with Crippen LogP contribution >= 0.6 is 35.7 Å². The Morgan fingerprint density at radius 2 is 2.04 bits per heavy atom. The summed E-state index contributed by atoms with van der Waals surface area (Å²) in [5, 5.41) is 16.6. The lowest BCUT2D eigenvalue weighted by atomic mass is 10.2. The van der Waals surface area contributed by atoms with E-state index in [1.807, 2.05) is 12.1 Å². The molecule has 1 aliphatic rings. The molecule has 0 atom stereocenters. The quantitative estimate of drug-likeness (QED) is 0.173. The number of hydrogen-bond donors (Lipinski definition) is 2. The minimum absolute atomic E-state index is 0. The van der Waals surface area contributed by atoms with Gasteiger partial charge in [0, 0.05) is 39.0 Å². The van der Waals surface area contributed by atoms with E-state index in [1.54, 1.807) is 25.1 Å². The number of nitrogens with one attached hydrogen (secondary N) is 2. The molecule has 0 radical (unpaired) electrons. The normalized spacial score (nSPS) is 14.9. The van der Waals surface area contributed by atoms with Gasteiger partial charge in [0.1, 0.15) is 11.6 Å². The Balaban J connectivity index is 0.00000280. The van der Waals surface area contributed by atoms with Crippen molar-refractivity contribution in [3.8, 4) is 0 Å². The predicted octanol–water partition coefficient (Wildman–Crippen LogP) is 3.67. The van der Waals surface area contributed by atoms with E-state index >= 15 is 0 Å². The highest BCUT2D eigenvalue weighted by Crippen LogP contribution is 2.33. The van der Waals surface area contributed by atoms with E-state index in [4.69, 9.17) is 4.42 Å². The Morgan fingerprint density at radius 3 is 2.71 bits per heavy atom. The third-order valence-corrected chi connectivity index (χ3v) is 5.59. The Labute approximate surface area is 188 Å². The number of thioether (sulfide) groups is 1. The standard InChI is InChI=1S/C19H30N6OS.HI/c1-20-18(22-13-11-16-9-6-14-26-16)21-12-5-10-17-23-24-19(27-2)25(17)15-7-3-4-8-15;/h6,9,14-15H,3-5,7-8,10-13H2,1-2H3,(H2,20,21,22);1H. The van der Waals surface area contributed by atoms with Crippen LogP contribution < -0.4 is 10.6 Å². The summed E-state index contributed by atoms with van der Waals surface area (Å²) in [7, 11) is 1.80. The van der Waals surface area contributed by atoms with Crippen molar-refractivity contribution in [2.45, 2.75) is 56.1 Å². The molecule has 3 rings (SSSR count). The van der Waals surface area contributed by atoms with Gasteiger partial charge in [-0.3, -0.25) is 4.99 Å². The summed E-state index contributed by atoms with van der Waals surface area (Å²) in [4.78, 5) is 4.28. The molecule has 7 nitrogen and oxygen atoms in total. The van der Waals surface area contributed by atoms with Gasteiger partial charge in [0.05, 0.1) is 6.26 Å². The first-order valence-electron chi connectivity index (χ1n) is 9.76. The lowest BCUT2D eigenvalue weighted by Crippen LogP contribution is -2.38. The molecule has 2 N–H and O–H groups in total. The van der Waals surface area contributed by atoms with E-state index in [2.05, 4.69) is 36.6 Å². The van der Waals surface area contributed by atoms with E-state index < -0.39 is 0 Å². The summed E-state index contributed by atoms with van der Waals surface area (Å²) in [6.45, 7) is 1.65. The van der Waals surface area contributed by atoms with Gasteiger partial charge in [0.2, 0.25) is 0 Å². The van der Waals surface area contributed by atoms with E-state index in [9.17, 15) is 0 Å². The van der Waals surface area contributed by atoms with Gasteiger partial charge in [-0.2, -0.15) is 0 Å². The molecule has 0 aliphatic heterocycles. The Kier molecular flexibility index (Phi) is 10.2. The van der Waals surface area contributed by atoms with Gasteiger partial charge in [0.25, 0.3) is 0 Å². The second-order valence-electron chi connectivity index (χ2n) is 6.77. The van der Waals surface area contributed by atoms with Crippen LogP contribution in [0.15, 0.2) is 33.0 Å². The van der Waals surface area contributed by atoms with Crippen molar-refractivity contribution >= 4 is 41.7 Å². The maximum Gasteiger partial charge on any atom is 0.191 e. The molecular weight excluding hydrogens is 487 g/mol. The minimum atomic E-state index is 0. The SMILES string of the molecule is CN=C(NCCCc1nnc(SC)n1C1CCCC1)NCCc1ccco1.I. The largest absolute Gasteiger partial charge is 0.469 e. The molecule has 0 bridgehead atoms. The summed E-state index contributed by atoms with van der Waals surface area (Å²) in [5.41, 5.74) is 0. The Bertz CT molecular complexity index is 712. The topological polar surface area (TPSA) is 80.3 Å². The van der Waals surface area contributed by atoms with Crippen molar-refractivity contribution in [1.82, 2.24) is 25.4 Å². The summed E-state index contributed by atoms with van der Waals surface area (Å²) < 4.78 is 7.73. The smallest absolute Gasteiger partial charge is 0.191 e. The van der Waals surface area contributed by atoms with Crippen molar-refractivity contribution in [2.75, 3.05) is 26.4 Å². The molecule has 2 aromatic rings. The lowest BCUT2D eigenvalue weighted by Gasteiger charge is -2.16. The van der Waals surface area contributed by atoms with Crippen LogP contribution in [0, 0.1) is 0 Å². The number of aliphatic imine (C=N–C) groups is 1. The summed E-state index contributed by atoms with van der Waals surface area (Å²) in [6.07, 6.45) is 11.7. The van der Waals surface area contributed by atoms with Crippen LogP contribution in [-0.2, 0) is 12.8 Å². The van der Waals surface area contributed by atoms with Crippen LogP contribution in [0.5, 0.6) is 0 Å². The molecule has 0 amide bonds. The molecule has 1 aliphatic carbocycles. The molecule has 1 fully saturated rings. The monoisotopic (exact) mass is 518 g/mol. The van der Waals surface area contributed by atoms with Crippen LogP contribution in [0.1, 0.15) is 49.7 Å². The average Bonchev–Trinajstić information content (AvgIpc) is 3.44. The van der Waals surface area contributed by atoms with Crippen molar-refractivity contribution in [3.63, 3.8) is 0 Å². The van der Waals surface area contributed by atoms with Gasteiger partial charge in [-0.15, -0.1) is 34.2 Å². The van der Waals surface area contributed by atoms with Crippen LogP contribution in [0.2, 0.25) is 0 Å². The zero-order valence-corrected chi connectivity index (χ0v) is 19.8. The number of halogens is 1. The fourth-order valence-corrected chi connectivity index (χ4v) is 4.15. The fourth-order valence-electron chi connectivity index (χ4n) is 3.58. The van der Waals surface area contributed by atoms with Crippen LogP contribution in [-0.4, -0.2) is 47.1 Å². The molecule has 0 spiro atoms. The molecule has 1 saturated carbocycles. The van der Waals surface area contributed by atoms with Crippen LogP contribution in [0.4, 0.5) is 0 Å². The second kappa shape index (κ2) is 12.4. The van der Waals surface area contributed by atoms with Crippen molar-refractivity contribution < 1.29 is 4.42 Å². The van der Waals surface area contributed by atoms with E-state index in [1.165, 1.54) is 25.7 Å². The number of guanidine groups is 1. The molecular formula is C19H31IN6OS. The third-order valence-electron chi connectivity index (χ3n) is 4.94. The highest BCUT2D eigenvalue weighted by molar-refractivity contribution is 14.0. The summed E-state index contributed by atoms with van der Waals surface area (Å²) >= 11 is 1.70. The van der Waals surface area contributed by atoms with Gasteiger partial charge in [-0.1, -0.05) is 24.6 Å². The second-order valence-corrected chi connectivity index (χ2v) is 7.54. The van der Waals surface area contributed by atoms with Gasteiger partial charge in [0.15, 0.2) is 11.1 Å². The molecule has 0 aromatic carbocycles. The molecule has 9 heteroatoms. The first-order valence-corrected chi connectivity index (χ1v) is 11.0. The summed E-state index contributed by atoms with van der Waals surface area (Å²) in [6, 6.07) is 4.48. The zero-order chi connectivity index (χ0) is 18.9. The Hall–Kier alpha value is -1.23.